The third-order valence-electron chi connectivity index (χ3n) is 3.62. The number of amides is 2. The van der Waals surface area contributed by atoms with Crippen molar-refractivity contribution in [3.8, 4) is 0 Å². The van der Waals surface area contributed by atoms with Crippen LogP contribution in [0.5, 0.6) is 0 Å². The highest BCUT2D eigenvalue weighted by Crippen LogP contribution is 2.22. The first-order valence-corrected chi connectivity index (χ1v) is 9.98. The molecule has 0 fully saturated rings. The van der Waals surface area contributed by atoms with E-state index < -0.39 is 34.4 Å². The Morgan fingerprint density at radius 2 is 1.69 bits per heavy atom. The van der Waals surface area contributed by atoms with Crippen LogP contribution >= 0.6 is 11.6 Å². The molecule has 2 aromatic rings. The van der Waals surface area contributed by atoms with Gasteiger partial charge >= 0.3 is 5.97 Å². The molecule has 0 saturated heterocycles. The van der Waals surface area contributed by atoms with Gasteiger partial charge in [-0.1, -0.05) is 29.8 Å². The van der Waals surface area contributed by atoms with Gasteiger partial charge in [-0.15, -0.1) is 0 Å². The maximum Gasteiger partial charge on any atom is 0.340 e. The fourth-order valence-electron chi connectivity index (χ4n) is 2.07. The van der Waals surface area contributed by atoms with E-state index in [1.165, 1.54) is 26.2 Å². The van der Waals surface area contributed by atoms with Gasteiger partial charge in [0.15, 0.2) is 6.61 Å². The van der Waals surface area contributed by atoms with E-state index in [1.807, 2.05) is 0 Å². The minimum Gasteiger partial charge on any atom is -0.452 e. The van der Waals surface area contributed by atoms with Crippen LogP contribution < -0.4 is 10.9 Å². The van der Waals surface area contributed by atoms with Crippen molar-refractivity contribution < 1.29 is 27.5 Å². The molecule has 0 heterocycles. The highest BCUT2D eigenvalue weighted by molar-refractivity contribution is 7.89. The number of hydrogen-bond donors (Lipinski definition) is 2. The summed E-state index contributed by atoms with van der Waals surface area (Å²) in [5, 5.41) is -0.0366. The van der Waals surface area contributed by atoms with Gasteiger partial charge in [-0.3, -0.25) is 20.4 Å². The van der Waals surface area contributed by atoms with Crippen LogP contribution in [0.4, 0.5) is 0 Å². The lowest BCUT2D eigenvalue weighted by molar-refractivity contribution is -0.125. The summed E-state index contributed by atoms with van der Waals surface area (Å²) in [6.45, 7) is -0.713. The molecule has 2 aromatic carbocycles. The maximum absolute atomic E-state index is 12.2. The van der Waals surface area contributed by atoms with Crippen molar-refractivity contribution in [3.05, 3.63) is 64.7 Å². The Morgan fingerprint density at radius 3 is 2.31 bits per heavy atom. The highest BCUT2D eigenvalue weighted by Gasteiger charge is 2.22. The zero-order valence-electron chi connectivity index (χ0n) is 15.5. The monoisotopic (exact) mass is 439 g/mol. The topological polar surface area (TPSA) is 122 Å². The van der Waals surface area contributed by atoms with E-state index >= 15 is 0 Å². The Kier molecular flexibility index (Phi) is 7.32. The van der Waals surface area contributed by atoms with Crippen LogP contribution in [-0.4, -0.2) is 51.2 Å². The molecule has 0 aliphatic carbocycles. The van der Waals surface area contributed by atoms with E-state index in [2.05, 4.69) is 10.9 Å². The molecule has 29 heavy (non-hydrogen) atoms. The number of hydrogen-bond acceptors (Lipinski definition) is 6. The molecular weight excluding hydrogens is 422 g/mol. The number of halogens is 1. The van der Waals surface area contributed by atoms with Gasteiger partial charge in [-0.25, -0.2) is 17.5 Å². The second kappa shape index (κ2) is 9.50. The molecule has 2 amide bonds. The quantitative estimate of drug-likeness (QED) is 0.515. The second-order valence-corrected chi connectivity index (χ2v) is 8.43. The molecule has 0 bridgehead atoms. The minimum absolute atomic E-state index is 0.0366. The summed E-state index contributed by atoms with van der Waals surface area (Å²) in [6, 6.07) is 11.7. The molecule has 154 valence electrons. The van der Waals surface area contributed by atoms with Crippen LogP contribution in [0, 0.1) is 0 Å². The van der Waals surface area contributed by atoms with E-state index in [0.29, 0.717) is 5.56 Å². The molecule has 11 heteroatoms. The van der Waals surface area contributed by atoms with Crippen LogP contribution in [0.25, 0.3) is 0 Å². The molecule has 2 rings (SSSR count). The second-order valence-electron chi connectivity index (χ2n) is 5.87. The molecule has 2 N–H and O–H groups in total. The number of sulfonamides is 1. The van der Waals surface area contributed by atoms with Crippen molar-refractivity contribution >= 4 is 39.4 Å². The summed E-state index contributed by atoms with van der Waals surface area (Å²) < 4.78 is 30.2. The Balaban J connectivity index is 1.97. The van der Waals surface area contributed by atoms with E-state index in [-0.39, 0.29) is 15.5 Å². The van der Waals surface area contributed by atoms with Gasteiger partial charge in [0.25, 0.3) is 11.8 Å². The number of esters is 1. The lowest BCUT2D eigenvalue weighted by atomic mass is 10.2. The first-order chi connectivity index (χ1) is 13.6. The van der Waals surface area contributed by atoms with Crippen LogP contribution in [0.2, 0.25) is 5.02 Å². The van der Waals surface area contributed by atoms with Crippen molar-refractivity contribution in [1.82, 2.24) is 15.2 Å². The fourth-order valence-corrected chi connectivity index (χ4v) is 3.19. The van der Waals surface area contributed by atoms with Gasteiger partial charge in [-0.05, 0) is 30.3 Å². The van der Waals surface area contributed by atoms with Crippen molar-refractivity contribution in [3.63, 3.8) is 0 Å². The zero-order chi connectivity index (χ0) is 21.6. The summed E-state index contributed by atoms with van der Waals surface area (Å²) in [7, 11) is -1.10. The predicted octanol–water partition coefficient (Wildman–Crippen LogP) is 1.21. The van der Waals surface area contributed by atoms with Crippen LogP contribution in [-0.2, 0) is 19.6 Å². The van der Waals surface area contributed by atoms with Crippen molar-refractivity contribution in [2.24, 2.45) is 0 Å². The van der Waals surface area contributed by atoms with E-state index in [9.17, 15) is 22.8 Å². The van der Waals surface area contributed by atoms with Crippen molar-refractivity contribution in [1.29, 1.82) is 0 Å². The van der Waals surface area contributed by atoms with E-state index in [0.717, 1.165) is 10.4 Å². The lowest BCUT2D eigenvalue weighted by Crippen LogP contribution is -2.43. The summed E-state index contributed by atoms with van der Waals surface area (Å²) in [6.07, 6.45) is 0. The number of rotatable bonds is 6. The Hall–Kier alpha value is -2.95. The van der Waals surface area contributed by atoms with Gasteiger partial charge < -0.3 is 4.74 Å². The Labute approximate surface area is 172 Å². The van der Waals surface area contributed by atoms with Crippen LogP contribution in [0.1, 0.15) is 20.7 Å². The fraction of sp³-hybridized carbons (Fsp3) is 0.167. The lowest BCUT2D eigenvalue weighted by Gasteiger charge is -2.13. The van der Waals surface area contributed by atoms with Gasteiger partial charge in [0.1, 0.15) is 0 Å². The van der Waals surface area contributed by atoms with Gasteiger partial charge in [0.2, 0.25) is 10.0 Å². The van der Waals surface area contributed by atoms with Gasteiger partial charge in [-0.2, -0.15) is 0 Å². The van der Waals surface area contributed by atoms with Crippen molar-refractivity contribution in [2.45, 2.75) is 4.90 Å². The van der Waals surface area contributed by atoms with Crippen LogP contribution in [0.15, 0.2) is 53.4 Å². The van der Waals surface area contributed by atoms with E-state index in [1.54, 1.807) is 30.3 Å². The molecule has 0 aliphatic heterocycles. The van der Waals surface area contributed by atoms with Crippen LogP contribution in [0.3, 0.4) is 0 Å². The largest absolute Gasteiger partial charge is 0.452 e. The molecule has 0 unspecified atom stereocenters. The summed E-state index contributed by atoms with van der Waals surface area (Å²) in [4.78, 5) is 35.6. The normalized spacial score (nSPS) is 11.0. The molecule has 0 aliphatic rings. The summed E-state index contributed by atoms with van der Waals surface area (Å²) in [5.41, 5.74) is 4.39. The molecule has 0 atom stereocenters. The maximum atomic E-state index is 12.2. The van der Waals surface area contributed by atoms with E-state index in [4.69, 9.17) is 16.3 Å². The number of benzene rings is 2. The molecule has 0 aromatic heterocycles. The predicted molar refractivity (Wildman–Crippen MR) is 105 cm³/mol. The average Bonchev–Trinajstić information content (AvgIpc) is 2.70. The Morgan fingerprint density at radius 1 is 1.03 bits per heavy atom. The highest BCUT2D eigenvalue weighted by atomic mass is 35.5. The smallest absolute Gasteiger partial charge is 0.340 e. The summed E-state index contributed by atoms with van der Waals surface area (Å²) >= 11 is 5.94. The minimum atomic E-state index is -3.79. The molecule has 0 radical (unpaired) electrons. The number of hydrazine groups is 1. The number of ether oxygens (including phenoxy) is 1. The number of nitrogens with one attached hydrogen (secondary N) is 2. The number of nitrogens with zero attached hydrogens (tertiary/aromatic N) is 1. The number of carbonyl (C=O) groups excluding carboxylic acids is 3. The molecule has 9 nitrogen and oxygen atoms in total. The zero-order valence-corrected chi connectivity index (χ0v) is 17.1. The molecule has 0 saturated carbocycles. The molecule has 0 spiro atoms. The SMILES string of the molecule is CN(C)S(=O)(=O)c1ccc(Cl)c(C(=O)OCC(=O)NNC(=O)c2ccccc2)c1. The Bertz CT molecular complexity index is 1030. The van der Waals surface area contributed by atoms with Crippen molar-refractivity contribution in [2.75, 3.05) is 20.7 Å². The first kappa shape index (κ1) is 22.3. The standard InChI is InChI=1S/C18H18ClN3O6S/c1-22(2)29(26,27)13-8-9-15(19)14(10-13)18(25)28-11-16(23)20-21-17(24)12-6-4-3-5-7-12/h3-10H,11H2,1-2H3,(H,20,23)(H,21,24). The van der Waals surface area contributed by atoms with Gasteiger partial charge in [0, 0.05) is 19.7 Å². The van der Waals surface area contributed by atoms with Gasteiger partial charge in [0.05, 0.1) is 15.5 Å². The number of carbonyl (C=O) groups is 3. The molecular formula is C18H18ClN3O6S. The first-order valence-electron chi connectivity index (χ1n) is 8.16. The average molecular weight is 440 g/mol. The third kappa shape index (κ3) is 5.76. The third-order valence-corrected chi connectivity index (χ3v) is 5.76. The summed E-state index contributed by atoms with van der Waals surface area (Å²) in [5.74, 6) is -2.33.